The van der Waals surface area contributed by atoms with Gasteiger partial charge in [0.15, 0.2) is 17.2 Å². The molecule has 1 amide bonds. The highest BCUT2D eigenvalue weighted by Crippen LogP contribution is 2.39. The Morgan fingerprint density at radius 1 is 1.14 bits per heavy atom. The molecule has 0 bridgehead atoms. The summed E-state index contributed by atoms with van der Waals surface area (Å²) in [6.07, 6.45) is 9.27. The van der Waals surface area contributed by atoms with Crippen molar-refractivity contribution in [1.29, 1.82) is 5.26 Å². The SMILES string of the molecule is CCN(C)C1CN(c2nc3c(F)c(-c4ccc(F)c5cccnc45)ncc3c3c2nnn3[C@H]2CCN(C(=O)/C=C/CF)[C@H](/C=C/C#N)C2)C1. The van der Waals surface area contributed by atoms with E-state index in [0.717, 1.165) is 12.6 Å². The fraction of sp³-hybridized carbons (Fsp3) is 0.343. The fourth-order valence-electron chi connectivity index (χ4n) is 6.82. The maximum atomic E-state index is 16.8. The van der Waals surface area contributed by atoms with Crippen LogP contribution in [0.4, 0.5) is 19.0 Å². The zero-order chi connectivity index (χ0) is 34.2. The van der Waals surface area contributed by atoms with E-state index < -0.39 is 24.4 Å². The molecule has 0 saturated carbocycles. The number of piperidine rings is 1. The van der Waals surface area contributed by atoms with E-state index in [1.54, 1.807) is 34.0 Å². The molecule has 7 rings (SSSR count). The van der Waals surface area contributed by atoms with Gasteiger partial charge >= 0.3 is 0 Å². The number of carbonyl (C=O) groups is 1. The van der Waals surface area contributed by atoms with Crippen molar-refractivity contribution in [1.82, 2.24) is 39.7 Å². The Kier molecular flexibility index (Phi) is 8.68. The van der Waals surface area contributed by atoms with E-state index in [4.69, 9.17) is 4.98 Å². The van der Waals surface area contributed by atoms with Crippen LogP contribution in [0, 0.1) is 23.0 Å². The first-order chi connectivity index (χ1) is 23.8. The van der Waals surface area contributed by atoms with E-state index in [2.05, 4.69) is 44.1 Å². The van der Waals surface area contributed by atoms with Crippen molar-refractivity contribution in [3.05, 3.63) is 72.6 Å². The van der Waals surface area contributed by atoms with E-state index in [-0.39, 0.29) is 34.1 Å². The van der Waals surface area contributed by atoms with Crippen molar-refractivity contribution in [2.75, 3.05) is 44.8 Å². The molecule has 2 aliphatic heterocycles. The van der Waals surface area contributed by atoms with Crippen LogP contribution in [0.25, 0.3) is 44.1 Å². The first-order valence-electron chi connectivity index (χ1n) is 16.2. The smallest absolute Gasteiger partial charge is 0.246 e. The number of hydrogen-bond donors (Lipinski definition) is 0. The van der Waals surface area contributed by atoms with Gasteiger partial charge in [0.05, 0.1) is 23.7 Å². The van der Waals surface area contributed by atoms with Crippen molar-refractivity contribution in [3.8, 4) is 17.3 Å². The summed E-state index contributed by atoms with van der Waals surface area (Å²) < 4.78 is 46.0. The Labute approximate surface area is 279 Å². The summed E-state index contributed by atoms with van der Waals surface area (Å²) in [5, 5.41) is 19.0. The van der Waals surface area contributed by atoms with Crippen LogP contribution in [0.5, 0.6) is 0 Å². The molecule has 2 atom stereocenters. The van der Waals surface area contributed by atoms with Gasteiger partial charge < -0.3 is 14.7 Å². The molecular weight excluding hydrogens is 633 g/mol. The van der Waals surface area contributed by atoms with E-state index >= 15 is 4.39 Å². The summed E-state index contributed by atoms with van der Waals surface area (Å²) in [6.45, 7) is 3.87. The Balaban J connectivity index is 1.37. The van der Waals surface area contributed by atoms with Crippen LogP contribution in [0.1, 0.15) is 25.8 Å². The van der Waals surface area contributed by atoms with Crippen LogP contribution in [-0.2, 0) is 4.79 Å². The van der Waals surface area contributed by atoms with Crippen LogP contribution >= 0.6 is 0 Å². The lowest BCUT2D eigenvalue weighted by Crippen LogP contribution is -2.58. The van der Waals surface area contributed by atoms with Gasteiger partial charge in [-0.25, -0.2) is 22.8 Å². The minimum Gasteiger partial charge on any atom is -0.351 e. The number of allylic oxidation sites excluding steroid dienone is 2. The van der Waals surface area contributed by atoms with E-state index in [9.17, 15) is 18.8 Å². The number of anilines is 1. The van der Waals surface area contributed by atoms with Gasteiger partial charge in [-0.15, -0.1) is 5.10 Å². The standard InChI is InChI=1S/C35H33F3N10O/c1-3-45(2)23-19-46(20-23)35-33-34(48(44-43-33)22-12-16-47(28(49)9-4-13-36)21(17-22)7-5-14-39)26-18-41-31(29(38)32(26)42-35)25-10-11-27(37)24-8-6-15-40-30(24)25/h4-11,15,18,21-23H,3,12-13,16-17,19-20H2,1-2H3/b7-5+,9-4+/t21-,22+/m1/s1. The lowest BCUT2D eigenvalue weighted by molar-refractivity contribution is -0.129. The number of aromatic nitrogens is 6. The number of likely N-dealkylation sites (N-methyl/N-ethyl adjacent to an activating group) is 1. The molecule has 4 aromatic heterocycles. The highest BCUT2D eigenvalue weighted by molar-refractivity contribution is 6.08. The van der Waals surface area contributed by atoms with Crippen LogP contribution in [-0.4, -0.2) is 97.6 Å². The lowest BCUT2D eigenvalue weighted by atomic mass is 9.96. The number of nitrogens with zero attached hydrogens (tertiary/aromatic N) is 10. The number of halogens is 3. The monoisotopic (exact) mass is 666 g/mol. The lowest BCUT2D eigenvalue weighted by Gasteiger charge is -2.44. The molecule has 6 heterocycles. The molecule has 250 valence electrons. The fourth-order valence-corrected chi connectivity index (χ4v) is 6.82. The first kappa shape index (κ1) is 32.1. The number of carbonyl (C=O) groups excluding carboxylic acids is 1. The van der Waals surface area contributed by atoms with E-state index in [1.165, 1.54) is 30.5 Å². The van der Waals surface area contributed by atoms with Crippen molar-refractivity contribution >= 4 is 44.6 Å². The zero-order valence-corrected chi connectivity index (χ0v) is 27.0. The molecule has 0 spiro atoms. The van der Waals surface area contributed by atoms with Crippen LogP contribution in [0.2, 0.25) is 0 Å². The summed E-state index contributed by atoms with van der Waals surface area (Å²) >= 11 is 0. The number of benzene rings is 1. The van der Waals surface area contributed by atoms with Crippen LogP contribution in [0.15, 0.2) is 61.0 Å². The largest absolute Gasteiger partial charge is 0.351 e. The third kappa shape index (κ3) is 5.63. The molecule has 5 aromatic rings. The predicted octanol–water partition coefficient (Wildman–Crippen LogP) is 5.15. The summed E-state index contributed by atoms with van der Waals surface area (Å²) in [5.74, 6) is -0.999. The van der Waals surface area contributed by atoms with Crippen molar-refractivity contribution in [3.63, 3.8) is 0 Å². The second-order valence-electron chi connectivity index (χ2n) is 12.3. The third-order valence-corrected chi connectivity index (χ3v) is 9.62. The number of alkyl halides is 1. The molecule has 14 heteroatoms. The molecule has 0 unspecified atom stereocenters. The molecule has 49 heavy (non-hydrogen) atoms. The van der Waals surface area contributed by atoms with Gasteiger partial charge in [0.1, 0.15) is 29.2 Å². The van der Waals surface area contributed by atoms with Gasteiger partial charge in [-0.1, -0.05) is 18.2 Å². The normalized spacial score (nSPS) is 18.8. The molecule has 1 aromatic carbocycles. The molecule has 11 nitrogen and oxygen atoms in total. The number of nitriles is 1. The zero-order valence-electron chi connectivity index (χ0n) is 27.0. The minimum atomic E-state index is -0.762. The Morgan fingerprint density at radius 3 is 2.76 bits per heavy atom. The highest BCUT2D eigenvalue weighted by atomic mass is 19.1. The summed E-state index contributed by atoms with van der Waals surface area (Å²) in [7, 11) is 2.06. The maximum Gasteiger partial charge on any atom is 0.246 e. The Hall–Kier alpha value is -5.42. The second kappa shape index (κ2) is 13.2. The molecule has 2 fully saturated rings. The van der Waals surface area contributed by atoms with Gasteiger partial charge in [0.2, 0.25) is 5.91 Å². The van der Waals surface area contributed by atoms with Crippen molar-refractivity contribution < 1.29 is 18.0 Å². The molecular formula is C35H33F3N10O. The topological polar surface area (TPSA) is 120 Å². The van der Waals surface area contributed by atoms with E-state index in [1.807, 2.05) is 6.07 Å². The predicted molar refractivity (Wildman–Crippen MR) is 179 cm³/mol. The maximum absolute atomic E-state index is 16.8. The molecule has 0 N–H and O–H groups in total. The highest BCUT2D eigenvalue weighted by Gasteiger charge is 2.36. The number of likely N-dealkylation sites (tertiary alicyclic amines) is 1. The minimum absolute atomic E-state index is 0.00455. The Morgan fingerprint density at radius 2 is 1.98 bits per heavy atom. The third-order valence-electron chi connectivity index (χ3n) is 9.62. The number of rotatable bonds is 8. The van der Waals surface area contributed by atoms with Crippen molar-refractivity contribution in [2.24, 2.45) is 0 Å². The molecule has 0 radical (unpaired) electrons. The summed E-state index contributed by atoms with van der Waals surface area (Å²) in [5.41, 5.74) is 1.75. The van der Waals surface area contributed by atoms with Gasteiger partial charge in [-0.2, -0.15) is 5.26 Å². The molecule has 0 aliphatic carbocycles. The number of pyridine rings is 3. The first-order valence-corrected chi connectivity index (χ1v) is 16.2. The quantitative estimate of drug-likeness (QED) is 0.164. The number of fused-ring (bicyclic) bond motifs is 4. The summed E-state index contributed by atoms with van der Waals surface area (Å²) in [4.78, 5) is 32.5. The second-order valence-corrected chi connectivity index (χ2v) is 12.3. The van der Waals surface area contributed by atoms with Crippen molar-refractivity contribution in [2.45, 2.75) is 37.9 Å². The number of hydrogen-bond acceptors (Lipinski definition) is 9. The summed E-state index contributed by atoms with van der Waals surface area (Å²) in [6, 6.07) is 7.49. The number of amides is 1. The average molecular weight is 667 g/mol. The van der Waals surface area contributed by atoms with Gasteiger partial charge in [-0.05, 0) is 56.8 Å². The van der Waals surface area contributed by atoms with E-state index in [0.29, 0.717) is 66.3 Å². The average Bonchev–Trinajstić information content (AvgIpc) is 3.55. The van der Waals surface area contributed by atoms with Gasteiger partial charge in [0, 0.05) is 66.6 Å². The van der Waals surface area contributed by atoms with Crippen LogP contribution in [0.3, 0.4) is 0 Å². The Bertz CT molecular complexity index is 2170. The van der Waals surface area contributed by atoms with Gasteiger partial charge in [0.25, 0.3) is 0 Å². The van der Waals surface area contributed by atoms with Crippen LogP contribution < -0.4 is 4.90 Å². The molecule has 2 saturated heterocycles. The molecule has 2 aliphatic rings. The van der Waals surface area contributed by atoms with Gasteiger partial charge in [-0.3, -0.25) is 14.8 Å².